The van der Waals surface area contributed by atoms with Crippen LogP contribution in [0.2, 0.25) is 0 Å². The number of aryl methyl sites for hydroxylation is 3. The lowest BCUT2D eigenvalue weighted by Gasteiger charge is -2.14. The highest BCUT2D eigenvalue weighted by Gasteiger charge is 2.20. The summed E-state index contributed by atoms with van der Waals surface area (Å²) in [5.74, 6) is 0.802. The summed E-state index contributed by atoms with van der Waals surface area (Å²) in [6, 6.07) is 6.26. The summed E-state index contributed by atoms with van der Waals surface area (Å²) >= 11 is 0. The third-order valence-electron chi connectivity index (χ3n) is 5.42. The molecule has 0 unspecified atom stereocenters. The quantitative estimate of drug-likeness (QED) is 0.617. The maximum absolute atomic E-state index is 9.80. The van der Waals surface area contributed by atoms with Gasteiger partial charge in [0.15, 0.2) is 0 Å². The molecule has 5 nitrogen and oxygen atoms in total. The molecule has 0 aliphatic heterocycles. The monoisotopic (exact) mass is 381 g/mol. The summed E-state index contributed by atoms with van der Waals surface area (Å²) in [5.41, 5.74) is 6.40. The minimum Gasteiger partial charge on any atom is -0.478 e. The first-order valence-corrected chi connectivity index (χ1v) is 10.3. The zero-order chi connectivity index (χ0) is 20.3. The van der Waals surface area contributed by atoms with Gasteiger partial charge in [0.05, 0.1) is 18.0 Å². The van der Waals surface area contributed by atoms with Crippen LogP contribution >= 0.6 is 0 Å². The first-order chi connectivity index (χ1) is 13.6. The van der Waals surface area contributed by atoms with Crippen molar-refractivity contribution in [2.45, 2.75) is 52.9 Å². The molecule has 0 fully saturated rings. The Labute approximate surface area is 167 Å². The smallest absolute Gasteiger partial charge is 0.213 e. The van der Waals surface area contributed by atoms with E-state index in [4.69, 9.17) is 14.7 Å². The third kappa shape index (κ3) is 3.63. The number of pyridine rings is 2. The van der Waals surface area contributed by atoms with E-state index in [2.05, 4.69) is 43.7 Å². The van der Waals surface area contributed by atoms with E-state index in [0.717, 1.165) is 47.2 Å². The van der Waals surface area contributed by atoms with Gasteiger partial charge in [-0.1, -0.05) is 20.8 Å². The molecule has 0 aliphatic carbocycles. The highest BCUT2D eigenvalue weighted by atomic mass is 16.5. The van der Waals surface area contributed by atoms with Crippen LogP contribution in [-0.4, -0.2) is 32.9 Å². The molecule has 0 amide bonds. The fourth-order valence-corrected chi connectivity index (χ4v) is 3.84. The molecule has 3 rings (SSSR count). The molecule has 1 atom stereocenters. The first-order valence-electron chi connectivity index (χ1n) is 10.3. The van der Waals surface area contributed by atoms with Crippen molar-refractivity contribution < 1.29 is 9.84 Å². The van der Waals surface area contributed by atoms with Crippen molar-refractivity contribution in [2.24, 2.45) is 7.05 Å². The molecule has 0 bridgehead atoms. The molecular formula is C23H31N3O2. The number of fused-ring (bicyclic) bond motifs is 1. The van der Waals surface area contributed by atoms with E-state index in [0.29, 0.717) is 12.5 Å². The third-order valence-corrected chi connectivity index (χ3v) is 5.42. The van der Waals surface area contributed by atoms with E-state index in [-0.39, 0.29) is 12.5 Å². The largest absolute Gasteiger partial charge is 0.478 e. The highest BCUT2D eigenvalue weighted by Crippen LogP contribution is 2.34. The Hall–Kier alpha value is -2.40. The maximum atomic E-state index is 9.80. The van der Waals surface area contributed by atoms with Crippen LogP contribution in [0, 0.1) is 0 Å². The van der Waals surface area contributed by atoms with Gasteiger partial charge in [0.25, 0.3) is 0 Å². The Bertz CT molecular complexity index is 958. The van der Waals surface area contributed by atoms with Gasteiger partial charge in [-0.15, -0.1) is 0 Å². The molecule has 0 spiro atoms. The molecule has 28 heavy (non-hydrogen) atoms. The molecule has 5 heteroatoms. The molecule has 1 N–H and O–H groups in total. The van der Waals surface area contributed by atoms with E-state index in [1.165, 1.54) is 11.1 Å². The first kappa shape index (κ1) is 20.3. The summed E-state index contributed by atoms with van der Waals surface area (Å²) in [7, 11) is 2.02. The lowest BCUT2D eigenvalue weighted by Crippen LogP contribution is -2.03. The van der Waals surface area contributed by atoms with Crippen molar-refractivity contribution in [3.8, 4) is 17.1 Å². The molecule has 0 radical (unpaired) electrons. The number of hydrogen-bond acceptors (Lipinski definition) is 4. The molecular weight excluding hydrogens is 350 g/mol. The topological polar surface area (TPSA) is 60.2 Å². The normalized spacial score (nSPS) is 12.5. The Balaban J connectivity index is 2.21. The summed E-state index contributed by atoms with van der Waals surface area (Å²) < 4.78 is 7.65. The van der Waals surface area contributed by atoms with E-state index in [9.17, 15) is 5.11 Å². The summed E-state index contributed by atoms with van der Waals surface area (Å²) in [6.45, 7) is 9.11. The fraction of sp³-hybridized carbons (Fsp3) is 0.478. The Morgan fingerprint density at radius 3 is 2.50 bits per heavy atom. The van der Waals surface area contributed by atoms with Crippen molar-refractivity contribution in [3.05, 3.63) is 41.2 Å². The number of hydrogen-bond donors (Lipinski definition) is 1. The van der Waals surface area contributed by atoms with Gasteiger partial charge in [0.2, 0.25) is 5.88 Å². The minimum absolute atomic E-state index is 0.138. The van der Waals surface area contributed by atoms with E-state index < -0.39 is 0 Å². The van der Waals surface area contributed by atoms with E-state index in [1.807, 2.05) is 20.0 Å². The van der Waals surface area contributed by atoms with Gasteiger partial charge in [0, 0.05) is 42.8 Å². The highest BCUT2D eigenvalue weighted by molar-refractivity contribution is 5.85. The van der Waals surface area contributed by atoms with Gasteiger partial charge in [-0.2, -0.15) is 0 Å². The van der Waals surface area contributed by atoms with Gasteiger partial charge >= 0.3 is 0 Å². The van der Waals surface area contributed by atoms with Crippen LogP contribution in [0.25, 0.3) is 22.3 Å². The van der Waals surface area contributed by atoms with Crippen LogP contribution in [0.1, 0.15) is 56.9 Å². The minimum atomic E-state index is 0.138. The van der Waals surface area contributed by atoms with Crippen molar-refractivity contribution in [1.29, 1.82) is 0 Å². The SMILES string of the molecule is CCOc1ccc(-c2nc3c(cc2CC)c([C@H](CC)CO)cn3C)c(CC)n1. The zero-order valence-electron chi connectivity index (χ0n) is 17.6. The van der Waals surface area contributed by atoms with E-state index in [1.54, 1.807) is 0 Å². The van der Waals surface area contributed by atoms with Crippen molar-refractivity contribution >= 4 is 11.0 Å². The molecule has 150 valence electrons. The number of aromatic nitrogens is 3. The summed E-state index contributed by atoms with van der Waals surface area (Å²) in [4.78, 5) is 9.77. The van der Waals surface area contributed by atoms with E-state index >= 15 is 0 Å². The number of aliphatic hydroxyl groups is 1. The van der Waals surface area contributed by atoms with Gasteiger partial charge in [-0.25, -0.2) is 9.97 Å². The molecule has 3 aromatic heterocycles. The van der Waals surface area contributed by atoms with Gasteiger partial charge < -0.3 is 14.4 Å². The zero-order valence-corrected chi connectivity index (χ0v) is 17.6. The lowest BCUT2D eigenvalue weighted by molar-refractivity contribution is 0.263. The van der Waals surface area contributed by atoms with Crippen LogP contribution in [0.5, 0.6) is 5.88 Å². The standard InChI is InChI=1S/C23H31N3O2/c1-6-15-12-18-19(16(7-2)14-27)13-26(5)23(18)25-22(15)17-10-11-21(28-9-4)24-20(17)8-3/h10-13,16,27H,6-9,14H2,1-5H3/t16-/m1/s1. The molecule has 0 aliphatic rings. The Kier molecular flexibility index (Phi) is 6.35. The molecule has 0 saturated heterocycles. The lowest BCUT2D eigenvalue weighted by atomic mass is 9.95. The van der Waals surface area contributed by atoms with Crippen LogP contribution in [0.3, 0.4) is 0 Å². The van der Waals surface area contributed by atoms with Crippen LogP contribution in [0.4, 0.5) is 0 Å². The average molecular weight is 382 g/mol. The van der Waals surface area contributed by atoms with Crippen LogP contribution in [0.15, 0.2) is 24.4 Å². The molecule has 3 heterocycles. The predicted octanol–water partition coefficient (Wildman–Crippen LogP) is 4.64. The summed E-state index contributed by atoms with van der Waals surface area (Å²) in [5, 5.41) is 10.9. The second kappa shape index (κ2) is 8.74. The van der Waals surface area contributed by atoms with Gasteiger partial charge in [-0.05, 0) is 49.4 Å². The van der Waals surface area contributed by atoms with Crippen molar-refractivity contribution in [3.63, 3.8) is 0 Å². The molecule has 3 aromatic rings. The molecule has 0 saturated carbocycles. The number of rotatable bonds is 8. The van der Waals surface area contributed by atoms with Crippen molar-refractivity contribution in [2.75, 3.05) is 13.2 Å². The number of nitrogens with zero attached hydrogens (tertiary/aromatic N) is 3. The molecule has 0 aromatic carbocycles. The summed E-state index contributed by atoms with van der Waals surface area (Å²) in [6.07, 6.45) is 4.73. The number of aliphatic hydroxyl groups excluding tert-OH is 1. The predicted molar refractivity (Wildman–Crippen MR) is 114 cm³/mol. The van der Waals surface area contributed by atoms with Crippen molar-refractivity contribution in [1.82, 2.24) is 14.5 Å². The van der Waals surface area contributed by atoms with Crippen LogP contribution in [-0.2, 0) is 19.9 Å². The second-order valence-electron chi connectivity index (χ2n) is 7.13. The van der Waals surface area contributed by atoms with Gasteiger partial charge in [-0.3, -0.25) is 0 Å². The fourth-order valence-electron chi connectivity index (χ4n) is 3.84. The van der Waals surface area contributed by atoms with Crippen LogP contribution < -0.4 is 4.74 Å². The Morgan fingerprint density at radius 2 is 1.89 bits per heavy atom. The van der Waals surface area contributed by atoms with Gasteiger partial charge in [0.1, 0.15) is 5.65 Å². The average Bonchev–Trinajstić information content (AvgIpc) is 3.03. The maximum Gasteiger partial charge on any atom is 0.213 e. The second-order valence-corrected chi connectivity index (χ2v) is 7.13. The Morgan fingerprint density at radius 1 is 1.11 bits per heavy atom. The number of ether oxygens (including phenoxy) is 1.